The number of amidine groups is 1. The van der Waals surface area contributed by atoms with Gasteiger partial charge in [-0.1, -0.05) is 62.6 Å². The van der Waals surface area contributed by atoms with E-state index in [1.165, 1.54) is 0 Å². The van der Waals surface area contributed by atoms with Crippen molar-refractivity contribution < 1.29 is 9.53 Å². The van der Waals surface area contributed by atoms with E-state index in [2.05, 4.69) is 25.1 Å². The topological polar surface area (TPSA) is 67.9 Å². The highest BCUT2D eigenvalue weighted by Gasteiger charge is 2.49. The molecule has 2 aliphatic rings. The smallest absolute Gasteiger partial charge is 0.256 e. The van der Waals surface area contributed by atoms with Crippen LogP contribution in [0.3, 0.4) is 0 Å². The van der Waals surface area contributed by atoms with Crippen molar-refractivity contribution >= 4 is 17.4 Å². The van der Waals surface area contributed by atoms with Crippen LogP contribution in [0.15, 0.2) is 47.5 Å². The molecule has 1 heterocycles. The Hall–Kier alpha value is -2.66. The van der Waals surface area contributed by atoms with Gasteiger partial charge in [-0.2, -0.15) is 0 Å². The van der Waals surface area contributed by atoms with Crippen molar-refractivity contribution in [2.24, 2.45) is 4.99 Å². The first-order valence-electron chi connectivity index (χ1n) is 12.0. The van der Waals surface area contributed by atoms with Crippen LogP contribution in [0, 0.1) is 0 Å². The van der Waals surface area contributed by atoms with E-state index in [4.69, 9.17) is 15.5 Å². The summed E-state index contributed by atoms with van der Waals surface area (Å²) < 4.78 is 5.77. The number of hydrogen-bond acceptors (Lipinski definition) is 4. The van der Waals surface area contributed by atoms with Crippen molar-refractivity contribution in [1.82, 2.24) is 4.90 Å². The Balaban J connectivity index is 1.63. The van der Waals surface area contributed by atoms with E-state index in [9.17, 15) is 4.79 Å². The maximum absolute atomic E-state index is 13.5. The molecule has 2 aromatic carbocycles. The molecular formula is C27H35N3O2. The minimum absolute atomic E-state index is 0.198. The van der Waals surface area contributed by atoms with Crippen molar-refractivity contribution in [1.29, 1.82) is 0 Å². The predicted molar refractivity (Wildman–Crippen MR) is 130 cm³/mol. The quantitative estimate of drug-likeness (QED) is 0.515. The second-order valence-electron chi connectivity index (χ2n) is 8.98. The van der Waals surface area contributed by atoms with Crippen LogP contribution in [0.1, 0.15) is 69.9 Å². The third kappa shape index (κ3) is 4.44. The fraction of sp³-hybridized carbons (Fsp3) is 0.481. The number of ether oxygens (including phenoxy) is 1. The van der Waals surface area contributed by atoms with Gasteiger partial charge in [-0.25, -0.2) is 0 Å². The maximum Gasteiger partial charge on any atom is 0.256 e. The Labute approximate surface area is 191 Å². The summed E-state index contributed by atoms with van der Waals surface area (Å²) >= 11 is 0. The standard InChI is InChI=1S/C27H35N3O2/c1-3-5-12-25-29-27(15-8-9-16-27)26(31)30(25)18-20-13-14-22(21(17-20)19-32-4-2)23-10-6-7-11-24(23)28/h6-7,10-11,13-14,17H,3-5,8-9,12,15-16,18-19,28H2,1-2H3. The highest BCUT2D eigenvalue weighted by molar-refractivity contribution is 6.08. The average Bonchev–Trinajstić information content (AvgIpc) is 3.38. The number of benzene rings is 2. The Bertz CT molecular complexity index is 992. The molecule has 4 rings (SSSR count). The van der Waals surface area contributed by atoms with Crippen LogP contribution in [-0.2, 0) is 22.7 Å². The molecular weight excluding hydrogens is 398 g/mol. The van der Waals surface area contributed by atoms with E-state index in [1.807, 2.05) is 36.1 Å². The van der Waals surface area contributed by atoms with Crippen LogP contribution >= 0.6 is 0 Å². The summed E-state index contributed by atoms with van der Waals surface area (Å²) in [5.41, 5.74) is 10.8. The molecule has 0 atom stereocenters. The number of amides is 1. The van der Waals surface area contributed by atoms with Gasteiger partial charge in [0.05, 0.1) is 13.2 Å². The van der Waals surface area contributed by atoms with E-state index in [-0.39, 0.29) is 5.91 Å². The second-order valence-corrected chi connectivity index (χ2v) is 8.98. The number of nitrogens with zero attached hydrogens (tertiary/aromatic N) is 2. The van der Waals surface area contributed by atoms with Crippen molar-refractivity contribution in [2.45, 2.75) is 77.5 Å². The first kappa shape index (κ1) is 22.5. The molecule has 0 aromatic heterocycles. The van der Waals surface area contributed by atoms with Gasteiger partial charge in [0.2, 0.25) is 0 Å². The fourth-order valence-corrected chi connectivity index (χ4v) is 4.96. The molecule has 1 spiro atoms. The van der Waals surface area contributed by atoms with Crippen LogP contribution < -0.4 is 5.73 Å². The second kappa shape index (κ2) is 9.86. The van der Waals surface area contributed by atoms with Crippen molar-refractivity contribution in [3.63, 3.8) is 0 Å². The number of nitrogens with two attached hydrogens (primary N) is 1. The van der Waals surface area contributed by atoms with Gasteiger partial charge in [0, 0.05) is 24.3 Å². The number of carbonyl (C=O) groups is 1. The molecule has 0 bridgehead atoms. The number of nitrogen functional groups attached to an aromatic ring is 1. The van der Waals surface area contributed by atoms with Gasteiger partial charge in [0.25, 0.3) is 5.91 Å². The molecule has 5 nitrogen and oxygen atoms in total. The molecule has 5 heteroatoms. The summed E-state index contributed by atoms with van der Waals surface area (Å²) in [5, 5.41) is 0. The third-order valence-electron chi connectivity index (χ3n) is 6.71. The number of rotatable bonds is 9. The predicted octanol–water partition coefficient (Wildman–Crippen LogP) is 5.72. The van der Waals surface area contributed by atoms with E-state index < -0.39 is 5.54 Å². The van der Waals surface area contributed by atoms with Gasteiger partial charge in [-0.3, -0.25) is 14.7 Å². The lowest BCUT2D eigenvalue weighted by Gasteiger charge is -2.23. The van der Waals surface area contributed by atoms with Crippen molar-refractivity contribution in [3.05, 3.63) is 53.6 Å². The van der Waals surface area contributed by atoms with Gasteiger partial charge in [0.1, 0.15) is 11.4 Å². The molecule has 1 fully saturated rings. The number of anilines is 1. The molecule has 0 saturated heterocycles. The number of hydrogen-bond donors (Lipinski definition) is 1. The number of para-hydroxylation sites is 1. The highest BCUT2D eigenvalue weighted by atomic mass is 16.5. The zero-order valence-corrected chi connectivity index (χ0v) is 19.4. The van der Waals surface area contributed by atoms with E-state index in [0.717, 1.165) is 78.7 Å². The summed E-state index contributed by atoms with van der Waals surface area (Å²) in [6.45, 7) is 5.91. The lowest BCUT2D eigenvalue weighted by atomic mass is 9.95. The lowest BCUT2D eigenvalue weighted by Crippen LogP contribution is -2.40. The molecule has 1 saturated carbocycles. The minimum Gasteiger partial charge on any atom is -0.398 e. The fourth-order valence-electron chi connectivity index (χ4n) is 4.96. The molecule has 32 heavy (non-hydrogen) atoms. The van der Waals surface area contributed by atoms with Gasteiger partial charge < -0.3 is 10.5 Å². The number of aliphatic imine (C=N–C) groups is 1. The van der Waals surface area contributed by atoms with Gasteiger partial charge >= 0.3 is 0 Å². The SMILES string of the molecule is CCCCC1=NC2(CCCC2)C(=O)N1Cc1ccc(-c2ccccc2N)c(COCC)c1. The Morgan fingerprint density at radius 2 is 1.88 bits per heavy atom. The molecule has 1 aliphatic carbocycles. The molecule has 1 aliphatic heterocycles. The Morgan fingerprint density at radius 3 is 2.59 bits per heavy atom. The van der Waals surface area contributed by atoms with Crippen molar-refractivity contribution in [3.8, 4) is 11.1 Å². The normalized spacial score (nSPS) is 17.4. The molecule has 0 radical (unpaired) electrons. The maximum atomic E-state index is 13.5. The molecule has 2 N–H and O–H groups in total. The molecule has 1 amide bonds. The number of unbranched alkanes of at least 4 members (excludes halogenated alkanes) is 1. The largest absolute Gasteiger partial charge is 0.398 e. The Morgan fingerprint density at radius 1 is 1.09 bits per heavy atom. The van der Waals surface area contributed by atoms with Gasteiger partial charge in [-0.05, 0) is 48.9 Å². The Kier molecular flexibility index (Phi) is 6.95. The third-order valence-corrected chi connectivity index (χ3v) is 6.71. The lowest BCUT2D eigenvalue weighted by molar-refractivity contribution is -0.131. The summed E-state index contributed by atoms with van der Waals surface area (Å²) in [6.07, 6.45) is 6.99. The first-order valence-corrected chi connectivity index (χ1v) is 12.0. The monoisotopic (exact) mass is 433 g/mol. The van der Waals surface area contributed by atoms with Crippen LogP contribution in [0.4, 0.5) is 5.69 Å². The zero-order valence-electron chi connectivity index (χ0n) is 19.4. The van der Waals surface area contributed by atoms with Crippen LogP contribution in [0.25, 0.3) is 11.1 Å². The highest BCUT2D eigenvalue weighted by Crippen LogP contribution is 2.40. The summed E-state index contributed by atoms with van der Waals surface area (Å²) in [7, 11) is 0. The first-order chi connectivity index (χ1) is 15.6. The van der Waals surface area contributed by atoms with Gasteiger partial charge in [0.15, 0.2) is 0 Å². The van der Waals surface area contributed by atoms with Crippen LogP contribution in [0.2, 0.25) is 0 Å². The number of carbonyl (C=O) groups excluding carboxylic acids is 1. The van der Waals surface area contributed by atoms with Crippen LogP contribution in [-0.4, -0.2) is 28.8 Å². The summed E-state index contributed by atoms with van der Waals surface area (Å²) in [6, 6.07) is 14.3. The minimum atomic E-state index is -0.490. The van der Waals surface area contributed by atoms with E-state index >= 15 is 0 Å². The van der Waals surface area contributed by atoms with Crippen LogP contribution in [0.5, 0.6) is 0 Å². The average molecular weight is 434 g/mol. The van der Waals surface area contributed by atoms with E-state index in [1.54, 1.807) is 0 Å². The molecule has 2 aromatic rings. The summed E-state index contributed by atoms with van der Waals surface area (Å²) in [4.78, 5) is 20.4. The molecule has 170 valence electrons. The van der Waals surface area contributed by atoms with Gasteiger partial charge in [-0.15, -0.1) is 0 Å². The molecule has 0 unspecified atom stereocenters. The van der Waals surface area contributed by atoms with Crippen molar-refractivity contribution in [2.75, 3.05) is 12.3 Å². The summed E-state index contributed by atoms with van der Waals surface area (Å²) in [5.74, 6) is 1.17. The zero-order chi connectivity index (χ0) is 22.6. The van der Waals surface area contributed by atoms with E-state index in [0.29, 0.717) is 19.8 Å².